The Morgan fingerprint density at radius 1 is 0.947 bits per heavy atom. The number of hydrogen-bond donors (Lipinski definition) is 0. The van der Waals surface area contributed by atoms with Gasteiger partial charge in [0, 0.05) is 0 Å². The Balaban J connectivity index is 2.56. The molecule has 0 heteroatoms. The molecule has 0 radical (unpaired) electrons. The predicted octanol–water partition coefficient (Wildman–Crippen LogP) is 5.50. The van der Waals surface area contributed by atoms with Gasteiger partial charge < -0.3 is 0 Å². The van der Waals surface area contributed by atoms with Gasteiger partial charge in [0.25, 0.3) is 0 Å². The van der Waals surface area contributed by atoms with E-state index in [9.17, 15) is 0 Å². The van der Waals surface area contributed by atoms with Crippen molar-refractivity contribution in [1.29, 1.82) is 0 Å². The van der Waals surface area contributed by atoms with Crippen molar-refractivity contribution in [2.24, 2.45) is 0 Å². The van der Waals surface area contributed by atoms with Crippen LogP contribution in [-0.2, 0) is 0 Å². The molecule has 0 amide bonds. The zero-order valence-corrected chi connectivity index (χ0v) is 11.2. The molecule has 0 aromatic heterocycles. The molecule has 0 N–H and O–H groups in total. The van der Waals surface area contributed by atoms with Crippen LogP contribution in [0.25, 0.3) is 16.7 Å². The van der Waals surface area contributed by atoms with Crippen LogP contribution in [0.5, 0.6) is 0 Å². The van der Waals surface area contributed by atoms with E-state index in [1.165, 1.54) is 16.7 Å². The van der Waals surface area contributed by atoms with Gasteiger partial charge in [0.1, 0.15) is 0 Å². The van der Waals surface area contributed by atoms with Crippen molar-refractivity contribution >= 4 is 5.57 Å². The van der Waals surface area contributed by atoms with E-state index in [1.54, 1.807) is 0 Å². The smallest absolute Gasteiger partial charge is 0.0105 e. The van der Waals surface area contributed by atoms with Gasteiger partial charge in [-0.05, 0) is 29.2 Å². The number of hydrogen-bond acceptors (Lipinski definition) is 0. The zero-order valence-electron chi connectivity index (χ0n) is 11.2. The van der Waals surface area contributed by atoms with E-state index in [1.807, 2.05) is 31.2 Å². The number of benzene rings is 2. The summed E-state index contributed by atoms with van der Waals surface area (Å²) in [7, 11) is 0. The van der Waals surface area contributed by atoms with Crippen molar-refractivity contribution in [3.05, 3.63) is 91.0 Å². The van der Waals surface area contributed by atoms with Crippen molar-refractivity contribution in [2.75, 3.05) is 0 Å². The maximum absolute atomic E-state index is 3.92. The van der Waals surface area contributed by atoms with E-state index in [4.69, 9.17) is 0 Å². The summed E-state index contributed by atoms with van der Waals surface area (Å²) in [6, 6.07) is 18.9. The van der Waals surface area contributed by atoms with Gasteiger partial charge in [-0.3, -0.25) is 0 Å². The average Bonchev–Trinajstić information content (AvgIpc) is 2.49. The first-order valence-electron chi connectivity index (χ1n) is 6.47. The van der Waals surface area contributed by atoms with Crippen molar-refractivity contribution < 1.29 is 0 Å². The third kappa shape index (κ3) is 3.11. The maximum Gasteiger partial charge on any atom is -0.0105 e. The Labute approximate surface area is 115 Å². The van der Waals surface area contributed by atoms with Crippen LogP contribution < -0.4 is 0 Å². The van der Waals surface area contributed by atoms with E-state index in [2.05, 4.69) is 61.2 Å². The second kappa shape index (κ2) is 6.55. The van der Waals surface area contributed by atoms with Gasteiger partial charge >= 0.3 is 0 Å². The lowest BCUT2D eigenvalue weighted by molar-refractivity contribution is 1.57. The monoisotopic (exact) mass is 246 g/mol. The fourth-order valence-corrected chi connectivity index (χ4v) is 2.07. The molecule has 2 aromatic carbocycles. The Kier molecular flexibility index (Phi) is 4.52. The summed E-state index contributed by atoms with van der Waals surface area (Å²) in [5.74, 6) is 0. The van der Waals surface area contributed by atoms with Crippen LogP contribution in [0.15, 0.2) is 85.5 Å². The highest BCUT2D eigenvalue weighted by Crippen LogP contribution is 2.29. The van der Waals surface area contributed by atoms with Crippen molar-refractivity contribution in [1.82, 2.24) is 0 Å². The third-order valence-corrected chi connectivity index (χ3v) is 3.01. The Morgan fingerprint density at radius 2 is 1.63 bits per heavy atom. The molecule has 0 bridgehead atoms. The van der Waals surface area contributed by atoms with Crippen LogP contribution in [0, 0.1) is 0 Å². The average molecular weight is 246 g/mol. The van der Waals surface area contributed by atoms with Gasteiger partial charge in [-0.1, -0.05) is 85.5 Å². The number of allylic oxidation sites excluding steroid dienone is 5. The molecule has 19 heavy (non-hydrogen) atoms. The molecule has 0 spiro atoms. The van der Waals surface area contributed by atoms with Gasteiger partial charge in [0.05, 0.1) is 0 Å². The van der Waals surface area contributed by atoms with Gasteiger partial charge in [-0.15, -0.1) is 0 Å². The molecule has 2 aromatic rings. The SMILES string of the molecule is C=C/C(=C\C=C/C)c1ccccc1-c1ccccc1. The minimum absolute atomic E-state index is 1.14. The van der Waals surface area contributed by atoms with Crippen LogP contribution in [0.2, 0.25) is 0 Å². The van der Waals surface area contributed by atoms with E-state index >= 15 is 0 Å². The Hall–Kier alpha value is -2.34. The predicted molar refractivity (Wildman–Crippen MR) is 84.9 cm³/mol. The van der Waals surface area contributed by atoms with E-state index < -0.39 is 0 Å². The highest BCUT2D eigenvalue weighted by molar-refractivity contribution is 5.85. The molecular weight excluding hydrogens is 228 g/mol. The van der Waals surface area contributed by atoms with E-state index in [0.717, 1.165) is 5.57 Å². The van der Waals surface area contributed by atoms with Crippen LogP contribution in [-0.4, -0.2) is 0 Å². The molecular formula is C19H18. The van der Waals surface area contributed by atoms with Crippen molar-refractivity contribution in [3.8, 4) is 11.1 Å². The molecule has 0 atom stereocenters. The maximum atomic E-state index is 3.92. The molecule has 0 aliphatic heterocycles. The molecule has 0 saturated carbocycles. The van der Waals surface area contributed by atoms with Crippen molar-refractivity contribution in [3.63, 3.8) is 0 Å². The third-order valence-electron chi connectivity index (χ3n) is 3.01. The van der Waals surface area contributed by atoms with E-state index in [0.29, 0.717) is 0 Å². The summed E-state index contributed by atoms with van der Waals surface area (Å²) in [5.41, 5.74) is 4.81. The zero-order chi connectivity index (χ0) is 13.5. The lowest BCUT2D eigenvalue weighted by atomic mass is 9.94. The summed E-state index contributed by atoms with van der Waals surface area (Å²) >= 11 is 0. The van der Waals surface area contributed by atoms with E-state index in [-0.39, 0.29) is 0 Å². The minimum Gasteiger partial charge on any atom is -0.0984 e. The largest absolute Gasteiger partial charge is 0.0984 e. The second-order valence-corrected chi connectivity index (χ2v) is 4.26. The highest BCUT2D eigenvalue weighted by Gasteiger charge is 2.05. The van der Waals surface area contributed by atoms with Crippen LogP contribution in [0.4, 0.5) is 0 Å². The molecule has 0 nitrogen and oxygen atoms in total. The minimum atomic E-state index is 1.14. The van der Waals surface area contributed by atoms with Gasteiger partial charge in [0.2, 0.25) is 0 Å². The molecule has 0 aliphatic carbocycles. The molecule has 0 heterocycles. The lowest BCUT2D eigenvalue weighted by Gasteiger charge is -2.10. The van der Waals surface area contributed by atoms with Crippen LogP contribution >= 0.6 is 0 Å². The molecule has 0 unspecified atom stereocenters. The molecule has 94 valence electrons. The number of rotatable bonds is 4. The quantitative estimate of drug-likeness (QED) is 0.625. The molecule has 0 fully saturated rings. The molecule has 2 rings (SSSR count). The first kappa shape index (κ1) is 13.1. The summed E-state index contributed by atoms with van der Waals surface area (Å²) in [5, 5.41) is 0. The highest BCUT2D eigenvalue weighted by atomic mass is 14.1. The molecule has 0 saturated heterocycles. The Bertz CT molecular complexity index is 601. The Morgan fingerprint density at radius 3 is 2.32 bits per heavy atom. The normalized spacial score (nSPS) is 11.7. The fraction of sp³-hybridized carbons (Fsp3) is 0.0526. The lowest BCUT2D eigenvalue weighted by Crippen LogP contribution is -1.87. The van der Waals surface area contributed by atoms with Gasteiger partial charge in [-0.25, -0.2) is 0 Å². The standard InChI is InChI=1S/C19H18/c1-3-5-11-16(4-2)18-14-9-10-15-19(18)17-12-7-6-8-13-17/h3-15H,2H2,1H3/b5-3-,16-11+. The summed E-state index contributed by atoms with van der Waals surface area (Å²) < 4.78 is 0. The summed E-state index contributed by atoms with van der Waals surface area (Å²) in [6.45, 7) is 5.94. The van der Waals surface area contributed by atoms with Gasteiger partial charge in [-0.2, -0.15) is 0 Å². The first-order chi connectivity index (χ1) is 9.36. The second-order valence-electron chi connectivity index (χ2n) is 4.26. The topological polar surface area (TPSA) is 0 Å². The fourth-order valence-electron chi connectivity index (χ4n) is 2.07. The summed E-state index contributed by atoms with van der Waals surface area (Å²) in [6.07, 6.45) is 8.06. The van der Waals surface area contributed by atoms with Crippen molar-refractivity contribution in [2.45, 2.75) is 6.92 Å². The van der Waals surface area contributed by atoms with Gasteiger partial charge in [0.15, 0.2) is 0 Å². The molecule has 0 aliphatic rings. The van der Waals surface area contributed by atoms with Crippen LogP contribution in [0.1, 0.15) is 12.5 Å². The first-order valence-corrected chi connectivity index (χ1v) is 6.47. The van der Waals surface area contributed by atoms with Crippen LogP contribution in [0.3, 0.4) is 0 Å². The summed E-state index contributed by atoms with van der Waals surface area (Å²) in [4.78, 5) is 0.